The molecule has 0 N–H and O–H groups in total. The lowest BCUT2D eigenvalue weighted by Gasteiger charge is -2.53. The van der Waals surface area contributed by atoms with Gasteiger partial charge < -0.3 is 13.9 Å². The number of carbonyl (C=O) groups is 2. The van der Waals surface area contributed by atoms with Crippen LogP contribution in [-0.4, -0.2) is 49.3 Å². The molecular formula is C21H37NO6Si. The van der Waals surface area contributed by atoms with Gasteiger partial charge in [0.1, 0.15) is 11.4 Å². The van der Waals surface area contributed by atoms with Crippen LogP contribution < -0.4 is 0 Å². The van der Waals surface area contributed by atoms with Gasteiger partial charge in [0.25, 0.3) is 0 Å². The average Bonchev–Trinajstić information content (AvgIpc) is 2.52. The number of nitrogens with zero attached hydrogens (tertiary/aromatic N) is 1. The highest BCUT2D eigenvalue weighted by atomic mass is 28.4. The van der Waals surface area contributed by atoms with Crippen LogP contribution in [0.2, 0.25) is 18.1 Å². The van der Waals surface area contributed by atoms with Crippen molar-refractivity contribution in [2.24, 2.45) is 5.92 Å². The van der Waals surface area contributed by atoms with E-state index in [1.807, 2.05) is 13.0 Å². The van der Waals surface area contributed by atoms with Gasteiger partial charge >= 0.3 is 12.1 Å². The highest BCUT2D eigenvalue weighted by Crippen LogP contribution is 2.49. The number of fused-ring (bicyclic) bond motifs is 2. The molecular weight excluding hydrogens is 390 g/mol. The van der Waals surface area contributed by atoms with Gasteiger partial charge in [-0.25, -0.2) is 14.4 Å². The first-order valence-corrected chi connectivity index (χ1v) is 13.3. The molecule has 3 unspecified atom stereocenters. The van der Waals surface area contributed by atoms with Gasteiger partial charge in [-0.3, -0.25) is 0 Å². The molecule has 0 saturated carbocycles. The maximum atomic E-state index is 13.2. The molecule has 3 aliphatic rings. The minimum absolute atomic E-state index is 0.0610. The molecule has 2 bridgehead atoms. The third kappa shape index (κ3) is 4.48. The number of carbonyl (C=O) groups excluding carboxylic acids is 2. The molecule has 3 rings (SSSR count). The Bertz CT molecular complexity index is 690. The molecule has 8 heteroatoms. The molecule has 166 valence electrons. The number of hydrogen-bond donors (Lipinski definition) is 0. The number of hydroxylamine groups is 2. The average molecular weight is 428 g/mol. The van der Waals surface area contributed by atoms with Crippen LogP contribution in [0.1, 0.15) is 61.8 Å². The molecule has 3 atom stereocenters. The Morgan fingerprint density at radius 3 is 2.31 bits per heavy atom. The summed E-state index contributed by atoms with van der Waals surface area (Å²) in [6.45, 7) is 19.9. The van der Waals surface area contributed by atoms with E-state index in [4.69, 9.17) is 18.7 Å². The monoisotopic (exact) mass is 427 g/mol. The Hall–Kier alpha value is -1.54. The molecule has 0 aromatic rings. The van der Waals surface area contributed by atoms with Crippen LogP contribution in [0.3, 0.4) is 0 Å². The Labute approximate surface area is 175 Å². The van der Waals surface area contributed by atoms with Gasteiger partial charge in [0, 0.05) is 5.92 Å². The summed E-state index contributed by atoms with van der Waals surface area (Å²) in [5.74, 6) is -0.287. The third-order valence-electron chi connectivity index (χ3n) is 5.87. The van der Waals surface area contributed by atoms with Crippen molar-refractivity contribution in [2.45, 2.75) is 97.2 Å². The van der Waals surface area contributed by atoms with Crippen molar-refractivity contribution in [2.75, 3.05) is 6.61 Å². The number of hydrogen-bond acceptors (Lipinski definition) is 6. The van der Waals surface area contributed by atoms with Crippen molar-refractivity contribution in [3.8, 4) is 0 Å². The van der Waals surface area contributed by atoms with E-state index < -0.39 is 31.6 Å². The van der Waals surface area contributed by atoms with Crippen LogP contribution in [0, 0.1) is 5.92 Å². The fourth-order valence-corrected chi connectivity index (χ4v) is 4.33. The number of amides is 1. The molecule has 0 spiro atoms. The summed E-state index contributed by atoms with van der Waals surface area (Å²) >= 11 is 0. The van der Waals surface area contributed by atoms with Crippen LogP contribution in [0.5, 0.6) is 0 Å². The first-order chi connectivity index (χ1) is 13.0. The van der Waals surface area contributed by atoms with E-state index >= 15 is 0 Å². The van der Waals surface area contributed by atoms with E-state index in [-0.39, 0.29) is 23.6 Å². The van der Waals surface area contributed by atoms with Gasteiger partial charge in [-0.1, -0.05) is 27.7 Å². The second kappa shape index (κ2) is 7.61. The molecule has 0 aromatic carbocycles. The fraction of sp³-hybridized carbons (Fsp3) is 0.810. The zero-order chi connectivity index (χ0) is 22.4. The van der Waals surface area contributed by atoms with Gasteiger partial charge in [0.15, 0.2) is 0 Å². The first-order valence-electron chi connectivity index (χ1n) is 10.3. The third-order valence-corrected chi connectivity index (χ3v) is 10.2. The fourth-order valence-electron chi connectivity index (χ4n) is 3.25. The Morgan fingerprint density at radius 1 is 1.24 bits per heavy atom. The molecule has 2 heterocycles. The van der Waals surface area contributed by atoms with Crippen LogP contribution in [0.4, 0.5) is 4.79 Å². The predicted molar refractivity (Wildman–Crippen MR) is 112 cm³/mol. The summed E-state index contributed by atoms with van der Waals surface area (Å²) in [7, 11) is -2.25. The lowest BCUT2D eigenvalue weighted by atomic mass is 9.76. The van der Waals surface area contributed by atoms with Crippen molar-refractivity contribution in [3.05, 3.63) is 11.8 Å². The SMILES string of the molecule is CCOC(=O)C12ON(C(=O)OC(C)(C)C)C(C=C1O[Si](C)(C)C(C)(C)C)CC2C. The number of ether oxygens (including phenoxy) is 2. The number of rotatable bonds is 4. The van der Waals surface area contributed by atoms with Crippen LogP contribution in [0.15, 0.2) is 11.8 Å². The van der Waals surface area contributed by atoms with Gasteiger partial charge in [0.2, 0.25) is 13.9 Å². The van der Waals surface area contributed by atoms with Crippen molar-refractivity contribution >= 4 is 20.4 Å². The van der Waals surface area contributed by atoms with Crippen LogP contribution in [-0.2, 0) is 23.5 Å². The first kappa shape index (κ1) is 23.7. The Balaban J connectivity index is 2.49. The normalized spacial score (nSPS) is 27.4. The van der Waals surface area contributed by atoms with Gasteiger partial charge in [-0.05, 0) is 58.3 Å². The minimum Gasteiger partial charge on any atom is -0.544 e. The van der Waals surface area contributed by atoms with Crippen molar-refractivity contribution in [1.82, 2.24) is 5.06 Å². The second-order valence-electron chi connectivity index (χ2n) is 10.5. The van der Waals surface area contributed by atoms with E-state index in [1.165, 1.54) is 5.06 Å². The van der Waals surface area contributed by atoms with E-state index in [2.05, 4.69) is 33.9 Å². The highest BCUT2D eigenvalue weighted by Gasteiger charge is 2.63. The largest absolute Gasteiger partial charge is 0.544 e. The smallest absolute Gasteiger partial charge is 0.435 e. The highest BCUT2D eigenvalue weighted by molar-refractivity contribution is 6.74. The van der Waals surface area contributed by atoms with Crippen molar-refractivity contribution in [1.29, 1.82) is 0 Å². The number of esters is 1. The lowest BCUT2D eigenvalue weighted by molar-refractivity contribution is -0.288. The summed E-state index contributed by atoms with van der Waals surface area (Å²) in [6, 6.07) is -0.365. The molecule has 1 fully saturated rings. The molecule has 1 aliphatic carbocycles. The van der Waals surface area contributed by atoms with Crippen LogP contribution in [0.25, 0.3) is 0 Å². The Kier molecular flexibility index (Phi) is 6.23. The molecule has 0 radical (unpaired) electrons. The molecule has 7 nitrogen and oxygen atoms in total. The standard InChI is InChI=1S/C21H37NO6Si/c1-11-25-17(23)21-14(2)12-15(22(28-21)18(24)26-19(3,4)5)13-16(21)27-29(9,10)20(6,7)8/h13-15H,11-12H2,1-10H3. The molecule has 2 aliphatic heterocycles. The summed E-state index contributed by atoms with van der Waals surface area (Å²) in [4.78, 5) is 32.0. The van der Waals surface area contributed by atoms with E-state index in [9.17, 15) is 9.59 Å². The quantitative estimate of drug-likeness (QED) is 0.475. The minimum atomic E-state index is -2.25. The maximum absolute atomic E-state index is 13.2. The van der Waals surface area contributed by atoms with Gasteiger partial charge in [-0.15, -0.1) is 0 Å². The molecule has 0 aromatic heterocycles. The van der Waals surface area contributed by atoms with Gasteiger partial charge in [0.05, 0.1) is 12.6 Å². The summed E-state index contributed by atoms with van der Waals surface area (Å²) in [6.07, 6.45) is 1.78. The summed E-state index contributed by atoms with van der Waals surface area (Å²) in [5, 5.41) is 1.11. The lowest BCUT2D eigenvalue weighted by Crippen LogP contribution is -2.66. The zero-order valence-electron chi connectivity index (χ0n) is 19.5. The molecule has 29 heavy (non-hydrogen) atoms. The zero-order valence-corrected chi connectivity index (χ0v) is 20.5. The summed E-state index contributed by atoms with van der Waals surface area (Å²) in [5.41, 5.74) is -2.17. The van der Waals surface area contributed by atoms with Crippen LogP contribution >= 0.6 is 0 Å². The summed E-state index contributed by atoms with van der Waals surface area (Å²) < 4.78 is 17.4. The molecule has 1 amide bonds. The van der Waals surface area contributed by atoms with E-state index in [0.717, 1.165) is 0 Å². The predicted octanol–water partition coefficient (Wildman–Crippen LogP) is 4.78. The van der Waals surface area contributed by atoms with Crippen molar-refractivity contribution in [3.63, 3.8) is 0 Å². The second-order valence-corrected chi connectivity index (χ2v) is 15.2. The van der Waals surface area contributed by atoms with E-state index in [1.54, 1.807) is 27.7 Å². The van der Waals surface area contributed by atoms with E-state index in [0.29, 0.717) is 12.2 Å². The Morgan fingerprint density at radius 2 is 1.83 bits per heavy atom. The van der Waals surface area contributed by atoms with Crippen molar-refractivity contribution < 1.29 is 28.3 Å². The maximum Gasteiger partial charge on any atom is 0.435 e. The topological polar surface area (TPSA) is 74.3 Å². The van der Waals surface area contributed by atoms with Gasteiger partial charge in [-0.2, -0.15) is 5.06 Å². The molecule has 1 saturated heterocycles.